The van der Waals surface area contributed by atoms with E-state index in [1.807, 2.05) is 0 Å². The van der Waals surface area contributed by atoms with E-state index in [2.05, 4.69) is 0 Å². The van der Waals surface area contributed by atoms with E-state index in [9.17, 15) is 13.2 Å². The van der Waals surface area contributed by atoms with E-state index in [-0.39, 0.29) is 17.2 Å². The molecule has 0 atom stereocenters. The number of hydrogen-bond donors (Lipinski definition) is 0. The van der Waals surface area contributed by atoms with Crippen LogP contribution in [0.15, 0.2) is 83.8 Å². The van der Waals surface area contributed by atoms with E-state index in [1.54, 1.807) is 48.5 Å². The standard InChI is InChI=1S/C21H18ClNO5S/c1-27-19-9-5-6-10-20(19)28-21(24)23(15-16-7-3-2-4-8-16)29(25,26)18-13-11-17(22)12-14-18/h2-14H,15H2,1H3. The van der Waals surface area contributed by atoms with Crippen molar-refractivity contribution >= 4 is 27.7 Å². The Morgan fingerprint density at radius 3 is 2.10 bits per heavy atom. The summed E-state index contributed by atoms with van der Waals surface area (Å²) in [6.45, 7) is -0.195. The summed E-state index contributed by atoms with van der Waals surface area (Å²) in [4.78, 5) is 12.8. The lowest BCUT2D eigenvalue weighted by atomic mass is 10.2. The number of rotatable bonds is 6. The monoisotopic (exact) mass is 431 g/mol. The molecule has 0 aliphatic heterocycles. The molecule has 0 aromatic heterocycles. The van der Waals surface area contributed by atoms with Gasteiger partial charge in [0.2, 0.25) is 0 Å². The molecule has 0 bridgehead atoms. The van der Waals surface area contributed by atoms with E-state index in [0.29, 0.717) is 20.6 Å². The van der Waals surface area contributed by atoms with Gasteiger partial charge in [-0.25, -0.2) is 13.2 Å². The van der Waals surface area contributed by atoms with Gasteiger partial charge in [-0.1, -0.05) is 54.1 Å². The number of amides is 1. The van der Waals surface area contributed by atoms with Gasteiger partial charge in [0, 0.05) is 5.02 Å². The summed E-state index contributed by atoms with van der Waals surface area (Å²) in [5.41, 5.74) is 0.627. The highest BCUT2D eigenvalue weighted by Crippen LogP contribution is 2.28. The number of halogens is 1. The lowest BCUT2D eigenvalue weighted by molar-refractivity contribution is 0.175. The Bertz CT molecular complexity index is 1090. The summed E-state index contributed by atoms with van der Waals surface area (Å²) in [7, 11) is -2.77. The summed E-state index contributed by atoms with van der Waals surface area (Å²) in [6.07, 6.45) is -1.05. The molecule has 0 N–H and O–H groups in total. The van der Waals surface area contributed by atoms with Crippen molar-refractivity contribution in [2.45, 2.75) is 11.4 Å². The van der Waals surface area contributed by atoms with Crippen molar-refractivity contribution in [2.75, 3.05) is 7.11 Å². The number of carbonyl (C=O) groups is 1. The highest BCUT2D eigenvalue weighted by molar-refractivity contribution is 7.89. The third-order valence-corrected chi connectivity index (χ3v) is 6.02. The number of methoxy groups -OCH3 is 1. The molecule has 6 nitrogen and oxygen atoms in total. The molecule has 0 heterocycles. The van der Waals surface area contributed by atoms with Gasteiger partial charge in [-0.2, -0.15) is 4.31 Å². The van der Waals surface area contributed by atoms with Crippen LogP contribution in [0.5, 0.6) is 11.5 Å². The second kappa shape index (κ2) is 8.98. The van der Waals surface area contributed by atoms with Crippen LogP contribution in [-0.2, 0) is 16.6 Å². The zero-order valence-corrected chi connectivity index (χ0v) is 17.1. The molecule has 0 spiro atoms. The maximum absolute atomic E-state index is 13.2. The summed E-state index contributed by atoms with van der Waals surface area (Å²) < 4.78 is 37.6. The van der Waals surface area contributed by atoms with Crippen LogP contribution in [0, 0.1) is 0 Å². The summed E-state index contributed by atoms with van der Waals surface area (Å²) in [6, 6.07) is 20.8. The normalized spacial score (nSPS) is 11.0. The van der Waals surface area contributed by atoms with Crippen molar-refractivity contribution in [3.8, 4) is 11.5 Å². The van der Waals surface area contributed by atoms with Crippen molar-refractivity contribution in [2.24, 2.45) is 0 Å². The fourth-order valence-electron chi connectivity index (χ4n) is 2.58. The number of sulfonamides is 1. The maximum Gasteiger partial charge on any atom is 0.429 e. The number of carbonyl (C=O) groups excluding carboxylic acids is 1. The fraction of sp³-hybridized carbons (Fsp3) is 0.0952. The first-order valence-corrected chi connectivity index (χ1v) is 10.4. The molecule has 1 amide bonds. The van der Waals surface area contributed by atoms with E-state index >= 15 is 0 Å². The van der Waals surface area contributed by atoms with Gasteiger partial charge < -0.3 is 9.47 Å². The van der Waals surface area contributed by atoms with Gasteiger partial charge in [0.25, 0.3) is 10.0 Å². The van der Waals surface area contributed by atoms with Crippen molar-refractivity contribution in [1.29, 1.82) is 0 Å². The molecule has 0 saturated heterocycles. The number of nitrogens with zero attached hydrogens (tertiary/aromatic N) is 1. The van der Waals surface area contributed by atoms with E-state index in [1.165, 1.54) is 37.4 Å². The molecule has 0 aliphatic carbocycles. The van der Waals surface area contributed by atoms with Gasteiger partial charge in [-0.15, -0.1) is 0 Å². The van der Waals surface area contributed by atoms with Gasteiger partial charge in [0.1, 0.15) is 0 Å². The minimum atomic E-state index is -4.20. The van der Waals surface area contributed by atoms with E-state index < -0.39 is 16.1 Å². The fourth-order valence-corrected chi connectivity index (χ4v) is 3.99. The summed E-state index contributed by atoms with van der Waals surface area (Å²) in [5, 5.41) is 0.384. The summed E-state index contributed by atoms with van der Waals surface area (Å²) >= 11 is 5.86. The average molecular weight is 432 g/mol. The van der Waals surface area contributed by atoms with E-state index in [0.717, 1.165) is 0 Å². The van der Waals surface area contributed by atoms with Gasteiger partial charge in [-0.05, 0) is 42.0 Å². The molecule has 3 aromatic rings. The van der Waals surface area contributed by atoms with E-state index in [4.69, 9.17) is 21.1 Å². The largest absolute Gasteiger partial charge is 0.493 e. The molecule has 0 saturated carbocycles. The molecule has 0 aliphatic rings. The quantitative estimate of drug-likeness (QED) is 0.563. The number of benzene rings is 3. The summed E-state index contributed by atoms with van der Waals surface area (Å²) in [5.74, 6) is 0.425. The second-order valence-electron chi connectivity index (χ2n) is 5.97. The van der Waals surface area contributed by atoms with Crippen molar-refractivity contribution in [3.05, 3.63) is 89.4 Å². The zero-order chi connectivity index (χ0) is 20.9. The molecule has 0 unspecified atom stereocenters. The van der Waals surface area contributed by atoms with Crippen molar-refractivity contribution < 1.29 is 22.7 Å². The molecule has 150 valence electrons. The van der Waals surface area contributed by atoms with Crippen molar-refractivity contribution in [1.82, 2.24) is 4.31 Å². The van der Waals surface area contributed by atoms with Crippen LogP contribution in [0.4, 0.5) is 4.79 Å². The van der Waals surface area contributed by atoms with Gasteiger partial charge in [0.15, 0.2) is 11.5 Å². The average Bonchev–Trinajstić information content (AvgIpc) is 2.73. The molecule has 29 heavy (non-hydrogen) atoms. The van der Waals surface area contributed by atoms with Crippen LogP contribution in [-0.4, -0.2) is 25.9 Å². The first kappa shape index (κ1) is 20.7. The Labute approximate surface area is 174 Å². The molecular weight excluding hydrogens is 414 g/mol. The first-order valence-electron chi connectivity index (χ1n) is 8.59. The van der Waals surface area contributed by atoms with Gasteiger partial charge in [0.05, 0.1) is 18.6 Å². The number of para-hydroxylation sites is 2. The second-order valence-corrected chi connectivity index (χ2v) is 8.27. The lowest BCUT2D eigenvalue weighted by Crippen LogP contribution is -2.38. The minimum absolute atomic E-state index is 0.0743. The molecule has 3 aromatic carbocycles. The third-order valence-electron chi connectivity index (χ3n) is 4.04. The van der Waals surface area contributed by atoms with Crippen LogP contribution < -0.4 is 9.47 Å². The Balaban J connectivity index is 1.98. The van der Waals surface area contributed by atoms with Crippen LogP contribution in [0.2, 0.25) is 5.02 Å². The Hall–Kier alpha value is -3.03. The molecular formula is C21H18ClNO5S. The van der Waals surface area contributed by atoms with Crippen LogP contribution >= 0.6 is 11.6 Å². The van der Waals surface area contributed by atoms with Crippen molar-refractivity contribution in [3.63, 3.8) is 0 Å². The number of hydrogen-bond acceptors (Lipinski definition) is 5. The van der Waals surface area contributed by atoms with Gasteiger partial charge in [-0.3, -0.25) is 0 Å². The molecule has 8 heteroatoms. The Kier molecular flexibility index (Phi) is 6.41. The predicted molar refractivity (Wildman–Crippen MR) is 110 cm³/mol. The molecule has 3 rings (SSSR count). The zero-order valence-electron chi connectivity index (χ0n) is 15.5. The van der Waals surface area contributed by atoms with Crippen LogP contribution in [0.1, 0.15) is 5.56 Å². The first-order chi connectivity index (χ1) is 13.9. The maximum atomic E-state index is 13.2. The topological polar surface area (TPSA) is 72.9 Å². The smallest absolute Gasteiger partial charge is 0.429 e. The lowest BCUT2D eigenvalue weighted by Gasteiger charge is -2.22. The predicted octanol–water partition coefficient (Wildman–Crippen LogP) is 4.74. The Morgan fingerprint density at radius 1 is 0.897 bits per heavy atom. The Morgan fingerprint density at radius 2 is 1.48 bits per heavy atom. The highest BCUT2D eigenvalue weighted by atomic mass is 35.5. The van der Waals surface area contributed by atoms with Gasteiger partial charge >= 0.3 is 6.09 Å². The molecule has 0 radical (unpaired) electrons. The third kappa shape index (κ3) is 4.88. The number of ether oxygens (including phenoxy) is 2. The molecule has 0 fully saturated rings. The highest BCUT2D eigenvalue weighted by Gasteiger charge is 2.31. The minimum Gasteiger partial charge on any atom is -0.493 e. The van der Waals surface area contributed by atoms with Crippen LogP contribution in [0.3, 0.4) is 0 Å². The van der Waals surface area contributed by atoms with Crippen LogP contribution in [0.25, 0.3) is 0 Å². The SMILES string of the molecule is COc1ccccc1OC(=O)N(Cc1ccccc1)S(=O)(=O)c1ccc(Cl)cc1.